The van der Waals surface area contributed by atoms with E-state index < -0.39 is 0 Å². The van der Waals surface area contributed by atoms with Crippen LogP contribution in [0, 0.1) is 0 Å². The predicted molar refractivity (Wildman–Crippen MR) is 80.3 cm³/mol. The number of aliphatic hydroxyl groups excluding tert-OH is 1. The van der Waals surface area contributed by atoms with E-state index in [2.05, 4.69) is 41.7 Å². The van der Waals surface area contributed by atoms with Crippen molar-refractivity contribution in [1.29, 1.82) is 0 Å². The monoisotopic (exact) mass is 269 g/mol. The SMILES string of the molecule is O=C(CCO)NCCc1ccc(-c2ccccc2)cc1. The molecule has 0 bridgehead atoms. The maximum absolute atomic E-state index is 11.2. The van der Waals surface area contributed by atoms with Gasteiger partial charge < -0.3 is 10.4 Å². The van der Waals surface area contributed by atoms with Gasteiger partial charge in [0.15, 0.2) is 0 Å². The molecule has 2 rings (SSSR count). The Balaban J connectivity index is 1.88. The average molecular weight is 269 g/mol. The summed E-state index contributed by atoms with van der Waals surface area (Å²) >= 11 is 0. The van der Waals surface area contributed by atoms with Crippen molar-refractivity contribution in [3.63, 3.8) is 0 Å². The Morgan fingerprint density at radius 3 is 2.25 bits per heavy atom. The standard InChI is InChI=1S/C17H19NO2/c19-13-11-17(20)18-12-10-14-6-8-16(9-7-14)15-4-2-1-3-5-15/h1-9,19H,10-13H2,(H,18,20). The zero-order valence-electron chi connectivity index (χ0n) is 11.4. The van der Waals surface area contributed by atoms with E-state index in [0.29, 0.717) is 6.54 Å². The van der Waals surface area contributed by atoms with Gasteiger partial charge in [0, 0.05) is 13.0 Å². The molecule has 0 spiro atoms. The molecule has 0 aliphatic carbocycles. The van der Waals surface area contributed by atoms with Crippen LogP contribution in [0.5, 0.6) is 0 Å². The molecule has 0 atom stereocenters. The third kappa shape index (κ3) is 4.21. The van der Waals surface area contributed by atoms with Crippen LogP contribution in [0.3, 0.4) is 0 Å². The summed E-state index contributed by atoms with van der Waals surface area (Å²) in [6.45, 7) is 0.501. The van der Waals surface area contributed by atoms with Gasteiger partial charge in [-0.05, 0) is 23.1 Å². The van der Waals surface area contributed by atoms with Gasteiger partial charge in [-0.2, -0.15) is 0 Å². The molecule has 3 nitrogen and oxygen atoms in total. The molecule has 0 saturated heterocycles. The highest BCUT2D eigenvalue weighted by Crippen LogP contribution is 2.19. The quantitative estimate of drug-likeness (QED) is 0.846. The lowest BCUT2D eigenvalue weighted by molar-refractivity contribution is -0.121. The van der Waals surface area contributed by atoms with Crippen molar-refractivity contribution in [2.75, 3.05) is 13.2 Å². The van der Waals surface area contributed by atoms with Gasteiger partial charge >= 0.3 is 0 Å². The zero-order chi connectivity index (χ0) is 14.2. The second kappa shape index (κ2) is 7.46. The lowest BCUT2D eigenvalue weighted by Gasteiger charge is -2.06. The average Bonchev–Trinajstić information content (AvgIpc) is 2.49. The topological polar surface area (TPSA) is 49.3 Å². The van der Waals surface area contributed by atoms with Gasteiger partial charge in [-0.3, -0.25) is 4.79 Å². The molecule has 3 heteroatoms. The zero-order valence-corrected chi connectivity index (χ0v) is 11.4. The van der Waals surface area contributed by atoms with Crippen LogP contribution in [0.2, 0.25) is 0 Å². The number of benzene rings is 2. The van der Waals surface area contributed by atoms with Crippen LogP contribution in [0.1, 0.15) is 12.0 Å². The Bertz CT molecular complexity index is 535. The van der Waals surface area contributed by atoms with E-state index in [1.807, 2.05) is 18.2 Å². The summed E-state index contributed by atoms with van der Waals surface area (Å²) in [5, 5.41) is 11.4. The molecular weight excluding hydrogens is 250 g/mol. The van der Waals surface area contributed by atoms with Gasteiger partial charge in [-0.25, -0.2) is 0 Å². The van der Waals surface area contributed by atoms with E-state index in [1.165, 1.54) is 16.7 Å². The lowest BCUT2D eigenvalue weighted by Crippen LogP contribution is -2.26. The Morgan fingerprint density at radius 1 is 0.950 bits per heavy atom. The highest BCUT2D eigenvalue weighted by molar-refractivity contribution is 5.75. The van der Waals surface area contributed by atoms with E-state index in [9.17, 15) is 4.79 Å². The highest BCUT2D eigenvalue weighted by atomic mass is 16.3. The molecule has 0 fully saturated rings. The number of amides is 1. The van der Waals surface area contributed by atoms with E-state index in [0.717, 1.165) is 6.42 Å². The molecule has 2 aromatic rings. The molecule has 2 N–H and O–H groups in total. The molecule has 0 aromatic heterocycles. The summed E-state index contributed by atoms with van der Waals surface area (Å²) in [5.41, 5.74) is 3.59. The number of hydrogen-bond acceptors (Lipinski definition) is 2. The summed E-state index contributed by atoms with van der Waals surface area (Å²) in [4.78, 5) is 11.2. The summed E-state index contributed by atoms with van der Waals surface area (Å²) in [5.74, 6) is -0.103. The van der Waals surface area contributed by atoms with Crippen LogP contribution in [-0.4, -0.2) is 24.2 Å². The first-order valence-corrected chi connectivity index (χ1v) is 6.81. The van der Waals surface area contributed by atoms with Crippen LogP contribution in [-0.2, 0) is 11.2 Å². The third-order valence-electron chi connectivity index (χ3n) is 3.14. The summed E-state index contributed by atoms with van der Waals surface area (Å²) in [6, 6.07) is 18.6. The predicted octanol–water partition coefficient (Wildman–Crippen LogP) is 2.39. The Kier molecular flexibility index (Phi) is 5.33. The molecule has 0 unspecified atom stereocenters. The van der Waals surface area contributed by atoms with Crippen molar-refractivity contribution in [2.45, 2.75) is 12.8 Å². The van der Waals surface area contributed by atoms with Gasteiger partial charge in [-0.15, -0.1) is 0 Å². The minimum atomic E-state index is -0.103. The number of carbonyl (C=O) groups excluding carboxylic acids is 1. The molecule has 0 saturated carbocycles. The number of nitrogens with one attached hydrogen (secondary N) is 1. The summed E-state index contributed by atoms with van der Waals surface area (Å²) in [7, 11) is 0. The van der Waals surface area contributed by atoms with E-state index >= 15 is 0 Å². The van der Waals surface area contributed by atoms with Crippen molar-refractivity contribution in [3.8, 4) is 11.1 Å². The van der Waals surface area contributed by atoms with Crippen molar-refractivity contribution < 1.29 is 9.90 Å². The molecule has 0 aliphatic heterocycles. The van der Waals surface area contributed by atoms with Crippen LogP contribution in [0.4, 0.5) is 0 Å². The van der Waals surface area contributed by atoms with Gasteiger partial charge in [0.1, 0.15) is 0 Å². The molecule has 0 aliphatic rings. The van der Waals surface area contributed by atoms with Crippen molar-refractivity contribution in [1.82, 2.24) is 5.32 Å². The van der Waals surface area contributed by atoms with Crippen molar-refractivity contribution in [3.05, 3.63) is 60.2 Å². The first kappa shape index (κ1) is 14.3. The van der Waals surface area contributed by atoms with Crippen LogP contribution < -0.4 is 5.32 Å². The van der Waals surface area contributed by atoms with Crippen molar-refractivity contribution >= 4 is 5.91 Å². The summed E-state index contributed by atoms with van der Waals surface area (Å²) < 4.78 is 0. The third-order valence-corrected chi connectivity index (χ3v) is 3.14. The number of hydrogen-bond donors (Lipinski definition) is 2. The Morgan fingerprint density at radius 2 is 1.60 bits per heavy atom. The fraction of sp³-hybridized carbons (Fsp3) is 0.235. The molecule has 1 amide bonds. The Labute approximate surface area is 119 Å². The number of aliphatic hydroxyl groups is 1. The van der Waals surface area contributed by atoms with Crippen LogP contribution >= 0.6 is 0 Å². The lowest BCUT2D eigenvalue weighted by atomic mass is 10.0. The molecule has 104 valence electrons. The maximum atomic E-state index is 11.2. The van der Waals surface area contributed by atoms with E-state index in [-0.39, 0.29) is 18.9 Å². The number of carbonyl (C=O) groups is 1. The molecular formula is C17H19NO2. The highest BCUT2D eigenvalue weighted by Gasteiger charge is 2.00. The molecule has 2 aromatic carbocycles. The van der Waals surface area contributed by atoms with Crippen LogP contribution in [0.15, 0.2) is 54.6 Å². The molecule has 0 radical (unpaired) electrons. The van der Waals surface area contributed by atoms with Crippen molar-refractivity contribution in [2.24, 2.45) is 0 Å². The van der Waals surface area contributed by atoms with E-state index in [1.54, 1.807) is 0 Å². The fourth-order valence-electron chi connectivity index (χ4n) is 2.03. The summed E-state index contributed by atoms with van der Waals surface area (Å²) in [6.07, 6.45) is 0.971. The first-order valence-electron chi connectivity index (χ1n) is 6.81. The van der Waals surface area contributed by atoms with Crippen LogP contribution in [0.25, 0.3) is 11.1 Å². The minimum absolute atomic E-state index is 0.0996. The fourth-order valence-corrected chi connectivity index (χ4v) is 2.03. The largest absolute Gasteiger partial charge is 0.396 e. The number of rotatable bonds is 6. The smallest absolute Gasteiger partial charge is 0.222 e. The second-order valence-electron chi connectivity index (χ2n) is 4.64. The minimum Gasteiger partial charge on any atom is -0.396 e. The normalized spacial score (nSPS) is 10.2. The Hall–Kier alpha value is -2.13. The van der Waals surface area contributed by atoms with Gasteiger partial charge in [0.05, 0.1) is 6.61 Å². The molecule has 20 heavy (non-hydrogen) atoms. The molecule has 0 heterocycles. The first-order chi connectivity index (χ1) is 9.79. The van der Waals surface area contributed by atoms with E-state index in [4.69, 9.17) is 5.11 Å². The van der Waals surface area contributed by atoms with Gasteiger partial charge in [-0.1, -0.05) is 54.6 Å². The second-order valence-corrected chi connectivity index (χ2v) is 4.64. The van der Waals surface area contributed by atoms with Gasteiger partial charge in [0.25, 0.3) is 0 Å². The van der Waals surface area contributed by atoms with Gasteiger partial charge in [0.2, 0.25) is 5.91 Å². The maximum Gasteiger partial charge on any atom is 0.222 e.